The van der Waals surface area contributed by atoms with Crippen molar-refractivity contribution in [1.29, 1.82) is 0 Å². The molecule has 3 rings (SSSR count). The fourth-order valence-electron chi connectivity index (χ4n) is 2.11. The topological polar surface area (TPSA) is 49.4 Å². The highest BCUT2D eigenvalue weighted by Gasteiger charge is 2.34. The van der Waals surface area contributed by atoms with Crippen molar-refractivity contribution in [2.24, 2.45) is 0 Å². The first kappa shape index (κ1) is 17.1. The largest absolute Gasteiger partial charge is 0.367 e. The van der Waals surface area contributed by atoms with Gasteiger partial charge in [-0.15, -0.1) is 0 Å². The minimum Gasteiger partial charge on any atom is -0.367 e. The molecule has 122 valence electrons. The van der Waals surface area contributed by atoms with Gasteiger partial charge in [0.2, 0.25) is 0 Å². The van der Waals surface area contributed by atoms with Gasteiger partial charge in [-0.25, -0.2) is 0 Å². The second kappa shape index (κ2) is 7.42. The van der Waals surface area contributed by atoms with Gasteiger partial charge >= 0.3 is 0 Å². The Labute approximate surface area is 157 Å². The Morgan fingerprint density at radius 3 is 2.54 bits per heavy atom. The van der Waals surface area contributed by atoms with Crippen molar-refractivity contribution < 1.29 is 9.59 Å². The molecule has 1 heterocycles. The molecule has 0 aliphatic carbocycles. The van der Waals surface area contributed by atoms with Gasteiger partial charge < -0.3 is 5.32 Å². The monoisotopic (exact) mass is 422 g/mol. The van der Waals surface area contributed by atoms with Gasteiger partial charge in [0.05, 0.1) is 11.6 Å². The van der Waals surface area contributed by atoms with Gasteiger partial charge in [-0.2, -0.15) is 0 Å². The molecule has 2 aromatic carbocycles. The number of halogens is 2. The molecule has 0 aromatic heterocycles. The molecule has 4 nitrogen and oxygen atoms in total. The molecule has 7 heteroatoms. The second-order valence-corrected chi connectivity index (χ2v) is 7.29. The number of nitrogens with zero attached hydrogens (tertiary/aromatic N) is 1. The van der Waals surface area contributed by atoms with Crippen molar-refractivity contribution in [3.8, 4) is 0 Å². The first-order valence-corrected chi connectivity index (χ1v) is 9.02. The first-order chi connectivity index (χ1) is 11.5. The van der Waals surface area contributed by atoms with Crippen molar-refractivity contribution >= 4 is 62.2 Å². The van der Waals surface area contributed by atoms with Crippen molar-refractivity contribution in [3.63, 3.8) is 0 Å². The molecule has 0 atom stereocenters. The van der Waals surface area contributed by atoms with Crippen molar-refractivity contribution in [2.75, 3.05) is 12.0 Å². The van der Waals surface area contributed by atoms with Gasteiger partial charge in [0.15, 0.2) is 0 Å². The number of nitrogens with one attached hydrogen (secondary N) is 1. The average Bonchev–Trinajstić information content (AvgIpc) is 2.83. The first-order valence-electron chi connectivity index (χ1n) is 7.04. The van der Waals surface area contributed by atoms with Crippen LogP contribution in [-0.4, -0.2) is 22.7 Å². The second-order valence-electron chi connectivity index (χ2n) is 4.97. The van der Waals surface area contributed by atoms with Gasteiger partial charge in [0, 0.05) is 15.2 Å². The Kier molecular flexibility index (Phi) is 5.28. The summed E-state index contributed by atoms with van der Waals surface area (Å²) >= 11 is 10.4. The van der Waals surface area contributed by atoms with Crippen LogP contribution in [0.4, 0.5) is 10.5 Å². The molecule has 2 amide bonds. The lowest BCUT2D eigenvalue weighted by Gasteiger charge is -2.14. The minimum absolute atomic E-state index is 0.117. The zero-order valence-electron chi connectivity index (χ0n) is 12.3. The summed E-state index contributed by atoms with van der Waals surface area (Å²) in [6.45, 7) is 0.117. The normalized spacial score (nSPS) is 16.1. The summed E-state index contributed by atoms with van der Waals surface area (Å²) in [5.74, 6) is -0.325. The summed E-state index contributed by atoms with van der Waals surface area (Å²) in [7, 11) is 0. The third-order valence-corrected chi connectivity index (χ3v) is 5.13. The van der Waals surface area contributed by atoms with E-state index in [1.54, 1.807) is 18.2 Å². The highest BCUT2D eigenvalue weighted by atomic mass is 79.9. The van der Waals surface area contributed by atoms with Crippen LogP contribution in [-0.2, 0) is 4.79 Å². The summed E-state index contributed by atoms with van der Waals surface area (Å²) in [5, 5.41) is 3.30. The van der Waals surface area contributed by atoms with Crippen molar-refractivity contribution in [1.82, 2.24) is 4.90 Å². The SMILES string of the molecule is O=C1SC(=Cc2ccccc2Cl)C(=O)N1CNc1ccc(Br)cc1. The molecule has 1 fully saturated rings. The molecule has 1 saturated heterocycles. The fraction of sp³-hybridized carbons (Fsp3) is 0.0588. The summed E-state index contributed by atoms with van der Waals surface area (Å²) in [6.07, 6.45) is 1.65. The summed E-state index contributed by atoms with van der Waals surface area (Å²) < 4.78 is 0.960. The number of imide groups is 1. The molecule has 1 aliphatic heterocycles. The molecule has 0 radical (unpaired) electrons. The van der Waals surface area contributed by atoms with Gasteiger partial charge in [-0.05, 0) is 53.7 Å². The lowest BCUT2D eigenvalue weighted by Crippen LogP contribution is -2.33. The molecule has 0 unspecified atom stereocenters. The van der Waals surface area contributed by atoms with E-state index in [0.717, 1.165) is 21.9 Å². The average molecular weight is 424 g/mol. The van der Waals surface area contributed by atoms with E-state index in [1.165, 1.54) is 4.90 Å². The Morgan fingerprint density at radius 1 is 1.12 bits per heavy atom. The van der Waals surface area contributed by atoms with Crippen LogP contribution in [0.25, 0.3) is 6.08 Å². The fourth-order valence-corrected chi connectivity index (χ4v) is 3.39. The molecule has 1 N–H and O–H groups in total. The predicted octanol–water partition coefficient (Wildman–Crippen LogP) is 5.21. The number of carbonyl (C=O) groups is 2. The summed E-state index contributed by atoms with van der Waals surface area (Å²) in [5.41, 5.74) is 1.54. The van der Waals surface area contributed by atoms with Crippen LogP contribution < -0.4 is 5.32 Å². The predicted molar refractivity (Wildman–Crippen MR) is 102 cm³/mol. The zero-order valence-corrected chi connectivity index (χ0v) is 15.5. The lowest BCUT2D eigenvalue weighted by atomic mass is 10.2. The van der Waals surface area contributed by atoms with Crippen LogP contribution >= 0.6 is 39.3 Å². The Bertz CT molecular complexity index is 824. The molecule has 0 saturated carbocycles. The van der Waals surface area contributed by atoms with E-state index in [9.17, 15) is 9.59 Å². The number of thioether (sulfide) groups is 1. The van der Waals surface area contributed by atoms with Gasteiger partial charge in [-0.1, -0.05) is 45.7 Å². The van der Waals surface area contributed by atoms with E-state index in [1.807, 2.05) is 36.4 Å². The number of hydrogen-bond acceptors (Lipinski definition) is 4. The maximum atomic E-state index is 12.4. The maximum absolute atomic E-state index is 12.4. The number of amides is 2. The molecular weight excluding hydrogens is 412 g/mol. The smallest absolute Gasteiger partial charge is 0.295 e. The van der Waals surface area contributed by atoms with Crippen LogP contribution in [0.2, 0.25) is 5.02 Å². The molecule has 2 aromatic rings. The van der Waals surface area contributed by atoms with Gasteiger partial charge in [-0.3, -0.25) is 14.5 Å². The van der Waals surface area contributed by atoms with Crippen molar-refractivity contribution in [2.45, 2.75) is 0 Å². The Balaban J connectivity index is 1.72. The van der Waals surface area contributed by atoms with E-state index < -0.39 is 0 Å². The number of benzene rings is 2. The molecule has 1 aliphatic rings. The number of anilines is 1. The standard InChI is InChI=1S/C17H12BrClN2O2S/c18-12-5-7-13(8-6-12)20-10-21-16(22)15(24-17(21)23)9-11-3-1-2-4-14(11)19/h1-9,20H,10H2. The quantitative estimate of drug-likeness (QED) is 0.686. The molecule has 24 heavy (non-hydrogen) atoms. The van der Waals surface area contributed by atoms with Gasteiger partial charge in [0.1, 0.15) is 0 Å². The van der Waals surface area contributed by atoms with E-state index in [-0.39, 0.29) is 17.8 Å². The van der Waals surface area contributed by atoms with Crippen LogP contribution in [0.5, 0.6) is 0 Å². The number of rotatable bonds is 4. The van der Waals surface area contributed by atoms with Crippen LogP contribution in [0.1, 0.15) is 5.56 Å². The van der Waals surface area contributed by atoms with Crippen LogP contribution in [0.15, 0.2) is 57.9 Å². The molecule has 0 spiro atoms. The number of carbonyl (C=O) groups excluding carboxylic acids is 2. The van der Waals surface area contributed by atoms with Gasteiger partial charge in [0.25, 0.3) is 11.1 Å². The highest BCUT2D eigenvalue weighted by Crippen LogP contribution is 2.33. The Morgan fingerprint density at radius 2 is 1.83 bits per heavy atom. The lowest BCUT2D eigenvalue weighted by molar-refractivity contribution is -0.122. The van der Waals surface area contributed by atoms with E-state index >= 15 is 0 Å². The van der Waals surface area contributed by atoms with Crippen LogP contribution in [0, 0.1) is 0 Å². The van der Waals surface area contributed by atoms with E-state index in [0.29, 0.717) is 15.5 Å². The Hall–Kier alpha value is -1.76. The minimum atomic E-state index is -0.325. The number of hydrogen-bond donors (Lipinski definition) is 1. The zero-order chi connectivity index (χ0) is 17.1. The molecular formula is C17H12BrClN2O2S. The third-order valence-electron chi connectivity index (χ3n) is 3.35. The summed E-state index contributed by atoms with van der Waals surface area (Å²) in [6, 6.07) is 14.7. The van der Waals surface area contributed by atoms with Crippen LogP contribution in [0.3, 0.4) is 0 Å². The van der Waals surface area contributed by atoms with Crippen molar-refractivity contribution in [3.05, 3.63) is 68.5 Å². The summed E-state index contributed by atoms with van der Waals surface area (Å²) in [4.78, 5) is 26.1. The van der Waals surface area contributed by atoms with E-state index in [4.69, 9.17) is 11.6 Å². The maximum Gasteiger partial charge on any atom is 0.295 e. The highest BCUT2D eigenvalue weighted by molar-refractivity contribution is 9.10. The third kappa shape index (κ3) is 3.83. The molecule has 0 bridgehead atoms. The van der Waals surface area contributed by atoms with E-state index in [2.05, 4.69) is 21.2 Å².